The molecule has 0 rings (SSSR count). The second-order valence-electron chi connectivity index (χ2n) is 4.18. The molecule has 0 aromatic carbocycles. The number of hydrogen-bond acceptors (Lipinski definition) is 12. The molecule has 0 unspecified atom stereocenters. The van der Waals surface area contributed by atoms with Crippen LogP contribution < -0.4 is 30.6 Å². The van der Waals surface area contributed by atoms with Gasteiger partial charge in [0.1, 0.15) is 0 Å². The molecule has 0 N–H and O–H groups in total. The van der Waals surface area contributed by atoms with Gasteiger partial charge in [-0.1, -0.05) is 0 Å². The van der Waals surface area contributed by atoms with Crippen LogP contribution >= 0.6 is 0 Å². The van der Waals surface area contributed by atoms with Crippen molar-refractivity contribution in [3.8, 4) is 0 Å². The minimum absolute atomic E-state index is 0. The third-order valence-electron chi connectivity index (χ3n) is 1.72. The Morgan fingerprint density at radius 3 is 0.438 bits per heavy atom. The van der Waals surface area contributed by atoms with Gasteiger partial charge in [-0.05, 0) is 0 Å². The number of rotatable bonds is 12. The Labute approximate surface area is 249 Å². The van der Waals surface area contributed by atoms with Crippen LogP contribution in [-0.4, -0.2) is 171 Å². The van der Waals surface area contributed by atoms with Crippen molar-refractivity contribution < 1.29 is 80.8 Å². The second-order valence-corrected chi connectivity index (χ2v) is 4.18. The van der Waals surface area contributed by atoms with E-state index in [1.165, 1.54) is 42.7 Å². The van der Waals surface area contributed by atoms with Crippen molar-refractivity contribution in [2.75, 3.05) is 122 Å². The topological polar surface area (TPSA) is 194 Å². The summed E-state index contributed by atoms with van der Waals surface area (Å²) in [6.07, 6.45) is 0. The smallest absolute Gasteiger partial charge is 0.853 e. The van der Waals surface area contributed by atoms with Crippen LogP contribution in [0.25, 0.3) is 0 Å². The first-order chi connectivity index (χ1) is 14.5. The summed E-state index contributed by atoms with van der Waals surface area (Å²) >= 11 is 0. The Balaban J connectivity index is -0.0000000356. The maximum Gasteiger partial charge on any atom is 4.00 e. The molecule has 0 atom stereocenters. The Bertz CT molecular complexity index is 134. The largest absolute Gasteiger partial charge is 4.00 e. The van der Waals surface area contributed by atoms with Gasteiger partial charge in [0.05, 0.1) is 0 Å². The predicted molar refractivity (Wildman–Crippen MR) is 106 cm³/mol. The third-order valence-corrected chi connectivity index (χ3v) is 1.72. The van der Waals surface area contributed by atoms with Gasteiger partial charge in [-0.15, -0.1) is 39.6 Å². The molecule has 14 heteroatoms. The number of methoxy groups -OCH3 is 6. The molecule has 0 saturated carbocycles. The van der Waals surface area contributed by atoms with Gasteiger partial charge in [0.2, 0.25) is 0 Å². The van der Waals surface area contributed by atoms with Crippen molar-refractivity contribution in [1.29, 1.82) is 0 Å². The molecule has 0 amide bonds. The van der Waals surface area contributed by atoms with Crippen LogP contribution in [0.15, 0.2) is 0 Å². The van der Waals surface area contributed by atoms with Crippen molar-refractivity contribution in [3.63, 3.8) is 0 Å². The van der Waals surface area contributed by atoms with E-state index < -0.39 is 0 Å². The van der Waals surface area contributed by atoms with E-state index in [9.17, 15) is 30.6 Å². The first-order valence-corrected chi connectivity index (χ1v) is 8.91. The van der Waals surface area contributed by atoms with Crippen LogP contribution in [0, 0.1) is 0 Å². The van der Waals surface area contributed by atoms with Crippen LogP contribution in [-0.2, 0) is 50.1 Å². The van der Waals surface area contributed by atoms with E-state index in [0.717, 1.165) is 0 Å². The fourth-order valence-electron chi connectivity index (χ4n) is 0.500. The maximum atomic E-state index is 9.40. The quantitative estimate of drug-likeness (QED) is 0.184. The second kappa shape index (κ2) is 84.6. The number of ether oxygens (including phenoxy) is 6. The molecule has 0 aliphatic rings. The zero-order valence-electron chi connectivity index (χ0n) is 20.6. The molecule has 192 valence electrons. The first-order valence-electron chi connectivity index (χ1n) is 8.91. The first kappa shape index (κ1) is 54.6. The molecule has 0 bridgehead atoms. The Morgan fingerprint density at radius 1 is 0.344 bits per heavy atom. The molecule has 12 nitrogen and oxygen atoms in total. The Hall–Kier alpha value is 1.81. The van der Waals surface area contributed by atoms with Crippen LogP contribution in [0.2, 0.25) is 0 Å². The normalized spacial score (nSPS) is 7.88. The van der Waals surface area contributed by atoms with Gasteiger partial charge in [0.15, 0.2) is 0 Å². The predicted octanol–water partition coefficient (Wildman–Crippen LogP) is -6.42. The molecule has 0 aliphatic carbocycles. The van der Waals surface area contributed by atoms with Crippen molar-refractivity contribution in [1.82, 2.24) is 0 Å². The van der Waals surface area contributed by atoms with Gasteiger partial charge < -0.3 is 59.1 Å². The zero-order valence-corrected chi connectivity index (χ0v) is 26.6. The fraction of sp³-hybridized carbons (Fsp3) is 1.00. The van der Waals surface area contributed by atoms with Crippen molar-refractivity contribution in [2.45, 2.75) is 0 Å². The molecule has 32 heavy (non-hydrogen) atoms. The minimum Gasteiger partial charge on any atom is -0.853 e. The van der Waals surface area contributed by atoms with Crippen LogP contribution in [0.3, 0.4) is 0 Å². The summed E-state index contributed by atoms with van der Waals surface area (Å²) in [6.45, 7) is 1.23. The van der Waals surface area contributed by atoms with E-state index in [0.29, 0.717) is 39.6 Å². The molecule has 0 radical (unpaired) electrons. The Kier molecular flexibility index (Phi) is 144. The minimum atomic E-state index is -0.128. The van der Waals surface area contributed by atoms with Crippen LogP contribution in [0.4, 0.5) is 0 Å². The van der Waals surface area contributed by atoms with E-state index in [4.69, 9.17) is 0 Å². The molecule has 0 spiro atoms. The van der Waals surface area contributed by atoms with E-state index in [1.54, 1.807) is 0 Å². The average Bonchev–Trinajstić information content (AvgIpc) is 2.74. The van der Waals surface area contributed by atoms with Gasteiger partial charge >= 0.3 is 70.6 Å². The van der Waals surface area contributed by atoms with E-state index >= 15 is 0 Å². The zero-order chi connectivity index (χ0) is 24.7. The molecule has 0 fully saturated rings. The molecule has 0 saturated heterocycles. The van der Waals surface area contributed by atoms with Crippen LogP contribution in [0.5, 0.6) is 0 Å². The Morgan fingerprint density at radius 2 is 0.438 bits per heavy atom. The summed E-state index contributed by atoms with van der Waals surface area (Å²) in [5.74, 6) is 0. The van der Waals surface area contributed by atoms with Gasteiger partial charge in [-0.3, -0.25) is 0 Å². The van der Waals surface area contributed by atoms with Crippen molar-refractivity contribution in [3.05, 3.63) is 0 Å². The molecular weight excluding hydrogens is 593 g/mol. The monoisotopic (exact) mass is 636 g/mol. The average molecular weight is 636 g/mol. The summed E-state index contributed by atoms with van der Waals surface area (Å²) in [7, 11) is 9.07. The summed E-state index contributed by atoms with van der Waals surface area (Å²) in [5, 5.41) is 56.4. The van der Waals surface area contributed by atoms with Gasteiger partial charge in [0.25, 0.3) is 0 Å². The van der Waals surface area contributed by atoms with E-state index in [-0.39, 0.29) is 110 Å². The van der Waals surface area contributed by atoms with Gasteiger partial charge in [0, 0.05) is 82.3 Å². The maximum absolute atomic E-state index is 9.40. The SMILES string of the molecule is COCC[O-].COCC[O-].COCC[O-].COCC[O-].COCC[O-].COCC[O-].[Ba+2].[Ti+4]. The molecule has 0 aromatic rings. The molecule has 0 aliphatic heterocycles. The standard InChI is InChI=1S/6C3H7O2.Ba.Ti/c6*1-5-3-2-4;;/h6*2-3H2,1H3;;/q6*-1;+2;+4. The molecule has 0 aromatic heterocycles. The summed E-state index contributed by atoms with van der Waals surface area (Å²) in [6, 6.07) is 0. The summed E-state index contributed by atoms with van der Waals surface area (Å²) < 4.78 is 26.3. The van der Waals surface area contributed by atoms with Gasteiger partial charge in [-0.2, -0.15) is 0 Å². The third kappa shape index (κ3) is 158. The van der Waals surface area contributed by atoms with E-state index in [2.05, 4.69) is 28.4 Å². The van der Waals surface area contributed by atoms with Gasteiger partial charge in [-0.25, -0.2) is 0 Å². The molecule has 0 heterocycles. The van der Waals surface area contributed by atoms with Crippen LogP contribution in [0.1, 0.15) is 0 Å². The summed E-state index contributed by atoms with van der Waals surface area (Å²) in [5.41, 5.74) is 0. The number of hydrogen-bond donors (Lipinski definition) is 0. The summed E-state index contributed by atoms with van der Waals surface area (Å²) in [4.78, 5) is 0. The van der Waals surface area contributed by atoms with E-state index in [1.807, 2.05) is 0 Å². The molecular formula is C18H42BaO12Ti. The fourth-order valence-corrected chi connectivity index (χ4v) is 0.500. The van der Waals surface area contributed by atoms with Crippen molar-refractivity contribution >= 4 is 48.9 Å². The van der Waals surface area contributed by atoms with Crippen molar-refractivity contribution in [2.24, 2.45) is 0 Å².